The molecular weight excluding hydrogens is 221 g/mol. The summed E-state index contributed by atoms with van der Waals surface area (Å²) < 4.78 is 5.43. The summed E-state index contributed by atoms with van der Waals surface area (Å²) in [5.74, 6) is 0.516. The molecule has 0 heterocycles. The van der Waals surface area contributed by atoms with E-state index in [1.165, 1.54) is 0 Å². The topological polar surface area (TPSA) is 33.0 Å². The molecule has 1 aromatic carbocycles. The normalized spacial score (nSPS) is 11.9. The smallest absolute Gasteiger partial charge is 0.139 e. The second-order valence-electron chi connectivity index (χ2n) is 2.84. The molecule has 0 aliphatic carbocycles. The second-order valence-corrected chi connectivity index (χ2v) is 3.63. The zero-order valence-electron chi connectivity index (χ0n) is 7.63. The molecular formula is C10H9Cl2NO. The van der Waals surface area contributed by atoms with Crippen molar-refractivity contribution in [1.82, 2.24) is 0 Å². The van der Waals surface area contributed by atoms with Gasteiger partial charge in [0.15, 0.2) is 0 Å². The maximum absolute atomic E-state index is 8.45. The first-order valence-corrected chi connectivity index (χ1v) is 4.88. The van der Waals surface area contributed by atoms with Crippen molar-refractivity contribution in [3.63, 3.8) is 0 Å². The molecule has 0 aliphatic heterocycles. The summed E-state index contributed by atoms with van der Waals surface area (Å²) >= 11 is 11.7. The van der Waals surface area contributed by atoms with Gasteiger partial charge in [-0.3, -0.25) is 0 Å². The van der Waals surface area contributed by atoms with Gasteiger partial charge in [-0.2, -0.15) is 5.26 Å². The molecule has 2 nitrogen and oxygen atoms in total. The summed E-state index contributed by atoms with van der Waals surface area (Å²) in [4.78, 5) is 0. The van der Waals surface area contributed by atoms with Crippen molar-refractivity contribution >= 4 is 23.2 Å². The Bertz CT molecular complexity index is 360. The molecule has 14 heavy (non-hydrogen) atoms. The molecule has 74 valence electrons. The first-order valence-electron chi connectivity index (χ1n) is 4.12. The molecule has 0 aliphatic rings. The predicted octanol–water partition coefficient (Wildman–Crippen LogP) is 3.67. The molecule has 0 aromatic heterocycles. The van der Waals surface area contributed by atoms with E-state index >= 15 is 0 Å². The molecule has 0 saturated carbocycles. The Morgan fingerprint density at radius 1 is 1.50 bits per heavy atom. The van der Waals surface area contributed by atoms with E-state index in [1.54, 1.807) is 25.1 Å². The van der Waals surface area contributed by atoms with E-state index in [2.05, 4.69) is 0 Å². The van der Waals surface area contributed by atoms with Crippen LogP contribution in [0.4, 0.5) is 0 Å². The zero-order chi connectivity index (χ0) is 10.6. The Hall–Kier alpha value is -0.910. The fourth-order valence-electron chi connectivity index (χ4n) is 0.962. The van der Waals surface area contributed by atoms with Gasteiger partial charge < -0.3 is 4.74 Å². The van der Waals surface area contributed by atoms with Crippen LogP contribution in [0.1, 0.15) is 13.3 Å². The van der Waals surface area contributed by atoms with Crippen LogP contribution in [0, 0.1) is 11.3 Å². The summed E-state index contributed by atoms with van der Waals surface area (Å²) in [6, 6.07) is 7.18. The third-order valence-corrected chi connectivity index (χ3v) is 2.42. The summed E-state index contributed by atoms with van der Waals surface area (Å²) in [6.07, 6.45) is 0.138. The Labute approximate surface area is 93.0 Å². The molecule has 0 saturated heterocycles. The Balaban J connectivity index is 2.77. The monoisotopic (exact) mass is 229 g/mol. The number of nitriles is 1. The summed E-state index contributed by atoms with van der Waals surface area (Å²) in [5, 5.41) is 9.29. The van der Waals surface area contributed by atoms with Gasteiger partial charge in [0, 0.05) is 0 Å². The molecule has 0 spiro atoms. The number of hydrogen-bond donors (Lipinski definition) is 0. The number of ether oxygens (including phenoxy) is 1. The van der Waals surface area contributed by atoms with E-state index in [4.69, 9.17) is 33.2 Å². The number of nitrogens with zero attached hydrogens (tertiary/aromatic N) is 1. The van der Waals surface area contributed by atoms with Gasteiger partial charge in [0.05, 0.1) is 17.5 Å². The van der Waals surface area contributed by atoms with Gasteiger partial charge in [0.1, 0.15) is 16.9 Å². The summed E-state index contributed by atoms with van der Waals surface area (Å²) in [5.41, 5.74) is 0. The molecule has 0 amide bonds. The van der Waals surface area contributed by atoms with Crippen LogP contribution in [0.25, 0.3) is 0 Å². The standard InChI is InChI=1S/C10H9Cl2NO/c1-7(5-6-13)14-9-4-2-3-8(11)10(9)12/h2-4,7H,5H2,1H3. The van der Waals surface area contributed by atoms with E-state index in [0.29, 0.717) is 22.2 Å². The molecule has 4 heteroatoms. The lowest BCUT2D eigenvalue weighted by molar-refractivity contribution is 0.227. The minimum atomic E-state index is -0.184. The highest BCUT2D eigenvalue weighted by Crippen LogP contribution is 2.32. The Morgan fingerprint density at radius 3 is 2.86 bits per heavy atom. The van der Waals surface area contributed by atoms with E-state index in [9.17, 15) is 0 Å². The molecule has 1 rings (SSSR count). The minimum absolute atomic E-state index is 0.184. The van der Waals surface area contributed by atoms with Gasteiger partial charge in [-0.1, -0.05) is 29.3 Å². The number of rotatable bonds is 3. The first-order chi connectivity index (χ1) is 6.65. The molecule has 1 unspecified atom stereocenters. The average molecular weight is 230 g/mol. The largest absolute Gasteiger partial charge is 0.488 e. The maximum atomic E-state index is 8.45. The molecule has 1 aromatic rings. The summed E-state index contributed by atoms with van der Waals surface area (Å²) in [7, 11) is 0. The lowest BCUT2D eigenvalue weighted by Crippen LogP contribution is -2.10. The van der Waals surface area contributed by atoms with Gasteiger partial charge in [0.2, 0.25) is 0 Å². The Kier molecular flexibility index (Phi) is 4.06. The van der Waals surface area contributed by atoms with E-state index in [1.807, 2.05) is 6.07 Å². The molecule has 0 bridgehead atoms. The second kappa shape index (κ2) is 5.09. The van der Waals surface area contributed by atoms with Gasteiger partial charge in [-0.05, 0) is 19.1 Å². The minimum Gasteiger partial charge on any atom is -0.488 e. The van der Waals surface area contributed by atoms with Crippen LogP contribution >= 0.6 is 23.2 Å². The van der Waals surface area contributed by atoms with Gasteiger partial charge >= 0.3 is 0 Å². The van der Waals surface area contributed by atoms with Crippen molar-refractivity contribution in [2.75, 3.05) is 0 Å². The lowest BCUT2D eigenvalue weighted by atomic mass is 10.3. The molecule has 0 radical (unpaired) electrons. The van der Waals surface area contributed by atoms with Crippen molar-refractivity contribution in [1.29, 1.82) is 5.26 Å². The van der Waals surface area contributed by atoms with Crippen LogP contribution in [0.5, 0.6) is 5.75 Å². The van der Waals surface area contributed by atoms with Crippen LogP contribution in [-0.4, -0.2) is 6.10 Å². The number of halogens is 2. The van der Waals surface area contributed by atoms with Crippen molar-refractivity contribution in [3.05, 3.63) is 28.2 Å². The highest BCUT2D eigenvalue weighted by atomic mass is 35.5. The van der Waals surface area contributed by atoms with Crippen LogP contribution in [0.2, 0.25) is 10.0 Å². The lowest BCUT2D eigenvalue weighted by Gasteiger charge is -2.13. The first kappa shape index (κ1) is 11.2. The van der Waals surface area contributed by atoms with E-state index < -0.39 is 0 Å². The highest BCUT2D eigenvalue weighted by Gasteiger charge is 2.08. The zero-order valence-corrected chi connectivity index (χ0v) is 9.14. The fourth-order valence-corrected chi connectivity index (χ4v) is 1.30. The molecule has 1 atom stereocenters. The molecule has 0 fully saturated rings. The van der Waals surface area contributed by atoms with E-state index in [0.717, 1.165) is 0 Å². The van der Waals surface area contributed by atoms with Crippen molar-refractivity contribution in [3.8, 4) is 11.8 Å². The van der Waals surface area contributed by atoms with Crippen molar-refractivity contribution < 1.29 is 4.74 Å². The van der Waals surface area contributed by atoms with Gasteiger partial charge in [0.25, 0.3) is 0 Å². The third-order valence-electron chi connectivity index (χ3n) is 1.62. The number of hydrogen-bond acceptors (Lipinski definition) is 2. The van der Waals surface area contributed by atoms with Gasteiger partial charge in [-0.25, -0.2) is 0 Å². The number of benzene rings is 1. The van der Waals surface area contributed by atoms with Crippen molar-refractivity contribution in [2.45, 2.75) is 19.4 Å². The Morgan fingerprint density at radius 2 is 2.21 bits per heavy atom. The predicted molar refractivity (Wildman–Crippen MR) is 56.8 cm³/mol. The SMILES string of the molecule is CC(CC#N)Oc1cccc(Cl)c1Cl. The van der Waals surface area contributed by atoms with Crippen molar-refractivity contribution in [2.24, 2.45) is 0 Å². The van der Waals surface area contributed by atoms with Crippen LogP contribution < -0.4 is 4.74 Å². The van der Waals surface area contributed by atoms with Crippen LogP contribution in [0.15, 0.2) is 18.2 Å². The van der Waals surface area contributed by atoms with Crippen LogP contribution in [0.3, 0.4) is 0 Å². The van der Waals surface area contributed by atoms with Gasteiger partial charge in [-0.15, -0.1) is 0 Å². The maximum Gasteiger partial charge on any atom is 0.139 e. The quantitative estimate of drug-likeness (QED) is 0.793. The molecule has 0 N–H and O–H groups in total. The average Bonchev–Trinajstić information content (AvgIpc) is 2.13. The summed E-state index contributed by atoms with van der Waals surface area (Å²) in [6.45, 7) is 1.81. The third kappa shape index (κ3) is 2.80. The highest BCUT2D eigenvalue weighted by molar-refractivity contribution is 6.42. The fraction of sp³-hybridized carbons (Fsp3) is 0.300. The van der Waals surface area contributed by atoms with E-state index in [-0.39, 0.29) is 6.10 Å². The van der Waals surface area contributed by atoms with Crippen LogP contribution in [-0.2, 0) is 0 Å².